The van der Waals surface area contributed by atoms with Crippen molar-refractivity contribution in [1.29, 1.82) is 0 Å². The third-order valence-corrected chi connectivity index (χ3v) is 3.32. The Labute approximate surface area is 134 Å². The van der Waals surface area contributed by atoms with Gasteiger partial charge in [0.15, 0.2) is 0 Å². The van der Waals surface area contributed by atoms with Gasteiger partial charge >= 0.3 is 6.09 Å². The maximum Gasteiger partial charge on any atom is 0.410 e. The van der Waals surface area contributed by atoms with Gasteiger partial charge in [0, 0.05) is 13.1 Å². The number of nitrogens with zero attached hydrogens (tertiary/aromatic N) is 1. The minimum atomic E-state index is -0.449. The van der Waals surface area contributed by atoms with Crippen LogP contribution in [0.5, 0.6) is 0 Å². The molecule has 1 atom stereocenters. The lowest BCUT2D eigenvalue weighted by Gasteiger charge is -2.26. The minimum absolute atomic E-state index is 0.228. The van der Waals surface area contributed by atoms with Crippen molar-refractivity contribution in [3.8, 4) is 0 Å². The predicted octanol–water partition coefficient (Wildman–Crippen LogP) is 3.97. The summed E-state index contributed by atoms with van der Waals surface area (Å²) in [5.41, 5.74) is -0.449. The minimum Gasteiger partial charge on any atom is -0.468 e. The Morgan fingerprint density at radius 3 is 2.64 bits per heavy atom. The summed E-state index contributed by atoms with van der Waals surface area (Å²) >= 11 is 0. The summed E-state index contributed by atoms with van der Waals surface area (Å²) in [4.78, 5) is 13.8. The fourth-order valence-electron chi connectivity index (χ4n) is 2.19. The first-order valence-corrected chi connectivity index (χ1v) is 8.12. The second-order valence-electron chi connectivity index (χ2n) is 6.34. The molecule has 0 aliphatic heterocycles. The van der Waals surface area contributed by atoms with E-state index in [1.165, 1.54) is 0 Å². The number of hydrogen-bond donors (Lipinski definition) is 1. The molecule has 0 aliphatic carbocycles. The fourth-order valence-corrected chi connectivity index (χ4v) is 2.19. The lowest BCUT2D eigenvalue weighted by Crippen LogP contribution is -2.38. The Balaban J connectivity index is 2.33. The summed E-state index contributed by atoms with van der Waals surface area (Å²) in [5, 5.41) is 3.47. The summed E-state index contributed by atoms with van der Waals surface area (Å²) in [6.45, 7) is 11.9. The van der Waals surface area contributed by atoms with Gasteiger partial charge in [-0.15, -0.1) is 0 Å². The first kappa shape index (κ1) is 18.6. The Kier molecular flexibility index (Phi) is 7.45. The molecule has 126 valence electrons. The average molecular weight is 310 g/mol. The van der Waals surface area contributed by atoms with Crippen LogP contribution < -0.4 is 5.32 Å². The van der Waals surface area contributed by atoms with Gasteiger partial charge in [-0.25, -0.2) is 4.79 Å². The SMILES string of the molecule is CCC(NCCCN(CC)C(=O)OC(C)(C)C)c1ccco1. The standard InChI is InChI=1S/C17H30N2O3/c1-6-14(15-10-8-13-21-15)18-11-9-12-19(7-2)16(20)22-17(3,4)5/h8,10,13-14,18H,6-7,9,11-12H2,1-5H3. The summed E-state index contributed by atoms with van der Waals surface area (Å²) in [5.74, 6) is 0.960. The molecule has 0 saturated heterocycles. The number of carbonyl (C=O) groups is 1. The van der Waals surface area contributed by atoms with Crippen molar-refractivity contribution in [2.75, 3.05) is 19.6 Å². The van der Waals surface area contributed by atoms with Gasteiger partial charge in [0.25, 0.3) is 0 Å². The molecule has 0 fully saturated rings. The van der Waals surface area contributed by atoms with E-state index in [1.54, 1.807) is 11.2 Å². The summed E-state index contributed by atoms with van der Waals surface area (Å²) in [7, 11) is 0. The second kappa shape index (κ2) is 8.83. The second-order valence-corrected chi connectivity index (χ2v) is 6.34. The number of nitrogens with one attached hydrogen (secondary N) is 1. The number of ether oxygens (including phenoxy) is 1. The molecule has 0 aliphatic rings. The Bertz CT molecular complexity index is 424. The van der Waals surface area contributed by atoms with E-state index in [0.29, 0.717) is 13.1 Å². The van der Waals surface area contributed by atoms with Crippen LogP contribution in [0.25, 0.3) is 0 Å². The van der Waals surface area contributed by atoms with Gasteiger partial charge in [0.05, 0.1) is 12.3 Å². The molecule has 1 rings (SSSR count). The zero-order valence-corrected chi connectivity index (χ0v) is 14.5. The number of hydrogen-bond acceptors (Lipinski definition) is 4. The van der Waals surface area contributed by atoms with Crippen LogP contribution in [-0.4, -0.2) is 36.2 Å². The molecule has 1 aromatic rings. The molecule has 0 saturated carbocycles. The maximum atomic E-state index is 12.0. The number of carbonyl (C=O) groups excluding carboxylic acids is 1. The highest BCUT2D eigenvalue weighted by atomic mass is 16.6. The van der Waals surface area contributed by atoms with E-state index < -0.39 is 5.60 Å². The van der Waals surface area contributed by atoms with Gasteiger partial charge in [-0.2, -0.15) is 0 Å². The van der Waals surface area contributed by atoms with Gasteiger partial charge in [-0.1, -0.05) is 6.92 Å². The molecule has 0 aromatic carbocycles. The van der Waals surface area contributed by atoms with Gasteiger partial charge in [-0.3, -0.25) is 0 Å². The quantitative estimate of drug-likeness (QED) is 0.738. The normalized spacial score (nSPS) is 13.0. The lowest BCUT2D eigenvalue weighted by atomic mass is 10.1. The van der Waals surface area contributed by atoms with E-state index >= 15 is 0 Å². The van der Waals surface area contributed by atoms with E-state index in [9.17, 15) is 4.79 Å². The molecule has 0 radical (unpaired) electrons. The molecular formula is C17H30N2O3. The molecule has 1 amide bonds. The van der Waals surface area contributed by atoms with E-state index in [2.05, 4.69) is 12.2 Å². The van der Waals surface area contributed by atoms with Crippen molar-refractivity contribution in [2.45, 2.75) is 59.1 Å². The van der Waals surface area contributed by atoms with E-state index in [1.807, 2.05) is 39.8 Å². The van der Waals surface area contributed by atoms with Crippen LogP contribution in [0.4, 0.5) is 4.79 Å². The maximum absolute atomic E-state index is 12.0. The van der Waals surface area contributed by atoms with Crippen molar-refractivity contribution in [2.24, 2.45) is 0 Å². The number of rotatable bonds is 8. The van der Waals surface area contributed by atoms with Gasteiger partial charge in [-0.05, 0) is 59.2 Å². The number of amides is 1. The van der Waals surface area contributed by atoms with Crippen LogP contribution in [0, 0.1) is 0 Å². The van der Waals surface area contributed by atoms with Crippen LogP contribution in [0.1, 0.15) is 59.3 Å². The topological polar surface area (TPSA) is 54.7 Å². The third kappa shape index (κ3) is 6.52. The molecule has 22 heavy (non-hydrogen) atoms. The number of furan rings is 1. The van der Waals surface area contributed by atoms with Crippen molar-refractivity contribution >= 4 is 6.09 Å². The van der Waals surface area contributed by atoms with Crippen LogP contribution in [-0.2, 0) is 4.74 Å². The molecule has 0 bridgehead atoms. The van der Waals surface area contributed by atoms with Crippen molar-refractivity contribution < 1.29 is 13.9 Å². The highest BCUT2D eigenvalue weighted by Crippen LogP contribution is 2.16. The first-order valence-electron chi connectivity index (χ1n) is 8.12. The first-order chi connectivity index (χ1) is 10.4. The summed E-state index contributed by atoms with van der Waals surface area (Å²) in [6, 6.07) is 4.12. The van der Waals surface area contributed by atoms with Crippen molar-refractivity contribution in [3.05, 3.63) is 24.2 Å². The third-order valence-electron chi connectivity index (χ3n) is 3.32. The van der Waals surface area contributed by atoms with Gasteiger partial charge in [0.2, 0.25) is 0 Å². The largest absolute Gasteiger partial charge is 0.468 e. The van der Waals surface area contributed by atoms with Crippen molar-refractivity contribution in [3.63, 3.8) is 0 Å². The van der Waals surface area contributed by atoms with E-state index in [4.69, 9.17) is 9.15 Å². The van der Waals surface area contributed by atoms with Crippen LogP contribution >= 0.6 is 0 Å². The zero-order valence-electron chi connectivity index (χ0n) is 14.5. The Hall–Kier alpha value is -1.49. The van der Waals surface area contributed by atoms with Gasteiger partial charge < -0.3 is 19.4 Å². The van der Waals surface area contributed by atoms with E-state index in [-0.39, 0.29) is 12.1 Å². The smallest absolute Gasteiger partial charge is 0.410 e. The molecular weight excluding hydrogens is 280 g/mol. The molecule has 1 aromatic heterocycles. The monoisotopic (exact) mass is 310 g/mol. The molecule has 5 heteroatoms. The molecule has 5 nitrogen and oxygen atoms in total. The highest BCUT2D eigenvalue weighted by Gasteiger charge is 2.20. The lowest BCUT2D eigenvalue weighted by molar-refractivity contribution is 0.0258. The van der Waals surface area contributed by atoms with Crippen LogP contribution in [0.2, 0.25) is 0 Å². The predicted molar refractivity (Wildman–Crippen MR) is 87.8 cm³/mol. The Morgan fingerprint density at radius 1 is 1.41 bits per heavy atom. The Morgan fingerprint density at radius 2 is 2.14 bits per heavy atom. The summed E-state index contributed by atoms with van der Waals surface area (Å²) in [6.07, 6.45) is 3.30. The van der Waals surface area contributed by atoms with Crippen LogP contribution in [0.15, 0.2) is 22.8 Å². The highest BCUT2D eigenvalue weighted by molar-refractivity contribution is 5.68. The zero-order chi connectivity index (χ0) is 16.6. The van der Waals surface area contributed by atoms with E-state index in [0.717, 1.165) is 25.1 Å². The molecule has 1 unspecified atom stereocenters. The molecule has 1 heterocycles. The fraction of sp³-hybridized carbons (Fsp3) is 0.706. The molecule has 1 N–H and O–H groups in total. The molecule has 0 spiro atoms. The average Bonchev–Trinajstić information content (AvgIpc) is 2.95. The summed E-state index contributed by atoms with van der Waals surface area (Å²) < 4.78 is 10.8. The van der Waals surface area contributed by atoms with Crippen molar-refractivity contribution in [1.82, 2.24) is 10.2 Å². The van der Waals surface area contributed by atoms with Gasteiger partial charge in [0.1, 0.15) is 11.4 Å². The van der Waals surface area contributed by atoms with Crippen LogP contribution in [0.3, 0.4) is 0 Å².